The molecular weight excluding hydrogens is 1680 g/mol. The van der Waals surface area contributed by atoms with E-state index in [2.05, 4.69) is 311 Å². The van der Waals surface area contributed by atoms with Crippen LogP contribution in [0.3, 0.4) is 0 Å². The van der Waals surface area contributed by atoms with Gasteiger partial charge < -0.3 is 19.5 Å². The fraction of sp³-hybridized carbons (Fsp3) is 0.325. The Balaban J connectivity index is 0.928. The monoisotopic (exact) mass is 1800 g/mol. The van der Waals surface area contributed by atoms with Gasteiger partial charge in [-0.25, -0.2) is 4.79 Å². The Morgan fingerprint density at radius 3 is 1.31 bits per heavy atom. The van der Waals surface area contributed by atoms with Crippen molar-refractivity contribution in [1.82, 2.24) is 8.75 Å². The molecule has 0 bridgehead atoms. The van der Waals surface area contributed by atoms with Crippen LogP contribution in [0.4, 0.5) is 11.4 Å². The zero-order valence-corrected chi connectivity index (χ0v) is 81.1. The third-order valence-corrected chi connectivity index (χ3v) is 32.0. The maximum Gasteiger partial charge on any atom is 0.335 e. The van der Waals surface area contributed by atoms with E-state index in [1.54, 1.807) is 12.1 Å². The fourth-order valence-electron chi connectivity index (χ4n) is 22.0. The van der Waals surface area contributed by atoms with Gasteiger partial charge in [-0.15, -0.1) is 22.7 Å². The van der Waals surface area contributed by atoms with Gasteiger partial charge in [0.1, 0.15) is 16.8 Å². The third kappa shape index (κ3) is 17.5. The van der Waals surface area contributed by atoms with Crippen LogP contribution in [0.25, 0.3) is 95.5 Å². The predicted molar refractivity (Wildman–Crippen MR) is 565 cm³/mol. The van der Waals surface area contributed by atoms with Gasteiger partial charge in [0, 0.05) is 71.7 Å². The highest BCUT2D eigenvalue weighted by atomic mass is 32.1. The summed E-state index contributed by atoms with van der Waals surface area (Å²) in [5.74, 6) is 8.76. The maximum absolute atomic E-state index is 12.1. The molecule has 3 aliphatic rings. The lowest BCUT2D eigenvalue weighted by Crippen LogP contribution is -2.33. The third-order valence-electron chi connectivity index (χ3n) is 28.9. The standard InChI is InChI=1S/C123H125N3O4S3/c1-7-13-19-25-37-83-49-63-90(64-50-83)122(91-65-51-84(52-66-91)38-26-20-14-8-2)106-47-35-45-101-100(80-62-88-61-79-98(115-114(88)124-133-125-115)87-57-59-89(60-58-87)121(127)128)99-41-29-30-42-102(99)110(108(101)106)117-112(122)119-120(131-117)113-118(132-119)111-103-43-31-32-44-104(103)116(126(94-71-75-96(76-72-94)129-81-33-23-17-11-5)95-73-77-97(78-74-95)130-82-34-24-18-12-6)105-46-36-48-107(109(105)111)123(113,92-67-53-85(54-68-92)39-27-21-15-9-3)93-69-55-86(56-70-93)40-28-22-16-10-4/h29-32,35-36,41-61,63-73,75-77,79H,7-28,33-34,37-40,74,78,81-82H2,1-6H3,(H,127,128). The quantitative estimate of drug-likeness (QED) is 0.0232. The van der Waals surface area contributed by atoms with Crippen LogP contribution in [-0.4, -0.2) is 33.0 Å². The van der Waals surface area contributed by atoms with Gasteiger partial charge in [-0.3, -0.25) is 0 Å². The zero-order valence-electron chi connectivity index (χ0n) is 78.6. The average Bonchev–Trinajstić information content (AvgIpc) is 1.50. The van der Waals surface area contributed by atoms with E-state index < -0.39 is 16.8 Å². The van der Waals surface area contributed by atoms with Crippen LogP contribution in [0.5, 0.6) is 5.75 Å². The number of aromatic carboxylic acids is 1. The van der Waals surface area contributed by atoms with Crippen molar-refractivity contribution < 1.29 is 19.4 Å². The van der Waals surface area contributed by atoms with E-state index in [0.717, 1.165) is 151 Å². The van der Waals surface area contributed by atoms with Gasteiger partial charge in [0.05, 0.1) is 67.7 Å². The highest BCUT2D eigenvalue weighted by Gasteiger charge is 2.53. The number of fused-ring (bicyclic) bond motifs is 12. The molecule has 0 spiro atoms. The number of hydrogen-bond acceptors (Lipinski definition) is 9. The number of unbranched alkanes of at least 4 members (excludes halogenated alkanes) is 18. The summed E-state index contributed by atoms with van der Waals surface area (Å²) >= 11 is 5.30. The second-order valence-electron chi connectivity index (χ2n) is 37.5. The van der Waals surface area contributed by atoms with E-state index in [-0.39, 0.29) is 5.56 Å². The van der Waals surface area contributed by atoms with Crippen LogP contribution < -0.4 is 9.64 Å². The summed E-state index contributed by atoms with van der Waals surface area (Å²) in [4.78, 5) is 17.3. The zero-order chi connectivity index (χ0) is 90.8. The number of anilines is 2. The summed E-state index contributed by atoms with van der Waals surface area (Å²) in [6.07, 6.45) is 38.8. The summed E-state index contributed by atoms with van der Waals surface area (Å²) in [5, 5.41) is 19.4. The number of nitrogens with zero attached hydrogens (tertiary/aromatic N) is 3. The molecule has 1 N–H and O–H groups in total. The van der Waals surface area contributed by atoms with Crippen molar-refractivity contribution in [2.75, 3.05) is 18.1 Å². The van der Waals surface area contributed by atoms with E-state index in [1.807, 2.05) is 12.1 Å². The minimum atomic E-state index is -0.960. The topological polar surface area (TPSA) is 84.8 Å². The number of ether oxygens (including phenoxy) is 2. The van der Waals surface area contributed by atoms with Crippen molar-refractivity contribution in [3.05, 3.63) is 350 Å². The molecule has 0 radical (unpaired) electrons. The predicted octanol–water partition coefficient (Wildman–Crippen LogP) is 34.8. The first-order valence-corrected chi connectivity index (χ1v) is 52.6. The minimum Gasteiger partial charge on any atom is -0.498 e. The SMILES string of the molecule is CCCCCCOC1=CC=C(N(c2ccc(OCCCCCC)cc2)c2c3ccccc3c3c4c(cccc24)C(c2ccc(CCCCCC)cc2)(c2ccc(CCCCCC)cc2)c2c-3sc3c4c(sc23)-c2c3ccccc3c(C#Cc3ccc(-c5ccc(C(=O)O)cc5)c5nsnc35)c3cccc(c23)C4(c2ccc(CCCCCC)cc2)c2ccc(CCCCCC)cc2)CC1. The van der Waals surface area contributed by atoms with E-state index in [0.29, 0.717) is 6.61 Å². The highest BCUT2D eigenvalue weighted by molar-refractivity contribution is 7.32. The van der Waals surface area contributed by atoms with Gasteiger partial charge in [-0.1, -0.05) is 369 Å². The molecule has 0 atom stereocenters. The van der Waals surface area contributed by atoms with Gasteiger partial charge in [0.2, 0.25) is 0 Å². The Labute approximate surface area is 799 Å². The normalized spacial score (nSPS) is 13.5. The Morgan fingerprint density at radius 2 is 0.835 bits per heavy atom. The first-order chi connectivity index (χ1) is 65.6. The summed E-state index contributed by atoms with van der Waals surface area (Å²) in [5.41, 5.74) is 25.3. The number of benzene rings is 13. The van der Waals surface area contributed by atoms with Gasteiger partial charge in [0.25, 0.3) is 0 Å². The molecular formula is C123H125N3O4S3. The molecule has 3 aliphatic carbocycles. The Bertz CT molecular complexity index is 6880. The highest BCUT2D eigenvalue weighted by Crippen LogP contribution is 2.69. The van der Waals surface area contributed by atoms with Gasteiger partial charge >= 0.3 is 5.97 Å². The van der Waals surface area contributed by atoms with Gasteiger partial charge in [-0.2, -0.15) is 8.75 Å². The van der Waals surface area contributed by atoms with Crippen molar-refractivity contribution >= 4 is 115 Å². The molecule has 0 saturated heterocycles. The van der Waals surface area contributed by atoms with Gasteiger partial charge in [-0.05, 0) is 219 Å². The fourth-order valence-corrected chi connectivity index (χ4v) is 25.8. The number of allylic oxidation sites excluding steroid dienone is 4. The molecule has 16 aromatic rings. The second-order valence-corrected chi connectivity index (χ2v) is 40.1. The van der Waals surface area contributed by atoms with Crippen molar-refractivity contribution in [2.24, 2.45) is 0 Å². The lowest BCUT2D eigenvalue weighted by molar-refractivity contribution is 0.0696. The number of thiophene rings is 2. The van der Waals surface area contributed by atoms with Crippen molar-refractivity contribution in [3.63, 3.8) is 0 Å². The molecule has 7 nitrogen and oxygen atoms in total. The molecule has 0 saturated carbocycles. The summed E-state index contributed by atoms with van der Waals surface area (Å²) in [7, 11) is 0. The summed E-state index contributed by atoms with van der Waals surface area (Å²) in [6.45, 7) is 15.2. The summed E-state index contributed by atoms with van der Waals surface area (Å²) in [6, 6.07) is 94.0. The summed E-state index contributed by atoms with van der Waals surface area (Å²) < 4.78 is 25.8. The molecule has 10 heteroatoms. The first-order valence-electron chi connectivity index (χ1n) is 50.2. The number of carboxylic acids is 1. The molecule has 3 aromatic heterocycles. The van der Waals surface area contributed by atoms with E-state index in [4.69, 9.17) is 18.2 Å². The molecule has 13 aromatic carbocycles. The molecule has 0 unspecified atom stereocenters. The van der Waals surface area contributed by atoms with E-state index >= 15 is 0 Å². The van der Waals surface area contributed by atoms with Crippen molar-refractivity contribution in [3.8, 4) is 49.6 Å². The Kier molecular flexibility index (Phi) is 28.2. The van der Waals surface area contributed by atoms with Crippen LogP contribution in [0.1, 0.15) is 297 Å². The second kappa shape index (κ2) is 41.4. The molecule has 133 heavy (non-hydrogen) atoms. The van der Waals surface area contributed by atoms with Crippen LogP contribution in [0, 0.1) is 11.8 Å². The molecule has 0 amide bonds. The smallest absolute Gasteiger partial charge is 0.335 e. The molecule has 674 valence electrons. The van der Waals surface area contributed by atoms with E-state index in [9.17, 15) is 9.90 Å². The molecule has 0 aliphatic heterocycles. The number of aryl methyl sites for hydroxylation is 4. The molecule has 0 fully saturated rings. The Hall–Kier alpha value is -11.7. The lowest BCUT2D eigenvalue weighted by atomic mass is 9.59. The first kappa shape index (κ1) is 90.5. The number of rotatable bonds is 41. The largest absolute Gasteiger partial charge is 0.498 e. The van der Waals surface area contributed by atoms with Crippen molar-refractivity contribution in [2.45, 2.75) is 245 Å². The van der Waals surface area contributed by atoms with Crippen LogP contribution in [0.15, 0.2) is 266 Å². The van der Waals surface area contributed by atoms with Crippen LogP contribution in [0.2, 0.25) is 0 Å². The number of aromatic nitrogens is 2. The van der Waals surface area contributed by atoms with Crippen molar-refractivity contribution in [1.29, 1.82) is 0 Å². The minimum absolute atomic E-state index is 0.235. The number of hydrogen-bond donors (Lipinski definition) is 1. The molecule has 3 heterocycles. The van der Waals surface area contributed by atoms with E-state index in [1.165, 1.54) is 262 Å². The van der Waals surface area contributed by atoms with Crippen LogP contribution in [-0.2, 0) is 41.3 Å². The number of carbonyl (C=O) groups is 1. The Morgan fingerprint density at radius 1 is 0.398 bits per heavy atom. The lowest BCUT2D eigenvalue weighted by Gasteiger charge is -2.42. The average molecular weight is 1810 g/mol. The number of carboxylic acid groups (broad SMARTS) is 1. The van der Waals surface area contributed by atoms with Crippen LogP contribution >= 0.6 is 34.4 Å². The maximum atomic E-state index is 12.1. The molecule has 19 rings (SSSR count). The van der Waals surface area contributed by atoms with Gasteiger partial charge in [0.15, 0.2) is 0 Å².